The number of carbonyl (C=O) groups excluding carboxylic acids is 2. The normalized spacial score (nSPS) is 13.7. The van der Waals surface area contributed by atoms with E-state index in [-0.39, 0.29) is 17.2 Å². The van der Waals surface area contributed by atoms with Crippen molar-refractivity contribution < 1.29 is 14.5 Å². The van der Waals surface area contributed by atoms with E-state index in [9.17, 15) is 19.7 Å². The summed E-state index contributed by atoms with van der Waals surface area (Å²) in [6.45, 7) is 2.96. The molecule has 1 heterocycles. The topological polar surface area (TPSA) is 105 Å². The summed E-state index contributed by atoms with van der Waals surface area (Å²) in [5, 5.41) is 16.9. The Bertz CT molecular complexity index is 907. The minimum absolute atomic E-state index is 0.0680. The van der Waals surface area contributed by atoms with Gasteiger partial charge in [0.1, 0.15) is 5.69 Å². The van der Waals surface area contributed by atoms with Crippen molar-refractivity contribution in [2.75, 3.05) is 28.6 Å². The van der Waals surface area contributed by atoms with E-state index < -0.39 is 10.8 Å². The van der Waals surface area contributed by atoms with Crippen LogP contribution in [0.3, 0.4) is 0 Å². The molecule has 0 atom stereocenters. The van der Waals surface area contributed by atoms with Crippen LogP contribution in [0.1, 0.15) is 36.5 Å². The molecule has 0 aromatic heterocycles. The van der Waals surface area contributed by atoms with Gasteiger partial charge in [-0.1, -0.05) is 6.07 Å². The Hall–Kier alpha value is -3.42. The van der Waals surface area contributed by atoms with Crippen LogP contribution in [0.4, 0.5) is 22.7 Å². The molecule has 0 unspecified atom stereocenters. The molecule has 28 heavy (non-hydrogen) atoms. The maximum atomic E-state index is 12.6. The maximum absolute atomic E-state index is 12.6. The van der Waals surface area contributed by atoms with Crippen LogP contribution in [0.5, 0.6) is 0 Å². The van der Waals surface area contributed by atoms with Crippen molar-refractivity contribution in [3.63, 3.8) is 0 Å². The Morgan fingerprint density at radius 3 is 2.32 bits per heavy atom. The summed E-state index contributed by atoms with van der Waals surface area (Å²) >= 11 is 0. The van der Waals surface area contributed by atoms with Crippen LogP contribution >= 0.6 is 0 Å². The quantitative estimate of drug-likeness (QED) is 0.605. The molecule has 2 amide bonds. The van der Waals surface area contributed by atoms with Gasteiger partial charge in [0.15, 0.2) is 0 Å². The molecule has 0 spiro atoms. The average molecular weight is 382 g/mol. The van der Waals surface area contributed by atoms with Crippen LogP contribution in [0.2, 0.25) is 0 Å². The van der Waals surface area contributed by atoms with Crippen molar-refractivity contribution >= 4 is 34.6 Å². The Kier molecular flexibility index (Phi) is 5.88. The number of carbonyl (C=O) groups is 2. The molecule has 1 aliphatic rings. The highest BCUT2D eigenvalue weighted by atomic mass is 16.6. The molecule has 0 saturated carbocycles. The van der Waals surface area contributed by atoms with Gasteiger partial charge in [-0.25, -0.2) is 0 Å². The van der Waals surface area contributed by atoms with E-state index in [1.807, 2.05) is 4.90 Å². The fraction of sp³-hybridized carbons (Fsp3) is 0.300. The van der Waals surface area contributed by atoms with Crippen LogP contribution < -0.4 is 15.5 Å². The predicted octanol–water partition coefficient (Wildman–Crippen LogP) is 3.80. The average Bonchev–Trinajstić information content (AvgIpc) is 2.68. The second-order valence-electron chi connectivity index (χ2n) is 6.72. The molecule has 8 nitrogen and oxygen atoms in total. The summed E-state index contributed by atoms with van der Waals surface area (Å²) in [5.41, 5.74) is 1.73. The van der Waals surface area contributed by atoms with E-state index in [2.05, 4.69) is 10.6 Å². The van der Waals surface area contributed by atoms with E-state index in [1.165, 1.54) is 13.0 Å². The Labute approximate surface area is 162 Å². The number of benzene rings is 2. The number of anilines is 3. The van der Waals surface area contributed by atoms with Crippen molar-refractivity contribution in [3.8, 4) is 0 Å². The maximum Gasteiger partial charge on any atom is 0.293 e. The smallest absolute Gasteiger partial charge is 0.293 e. The first-order chi connectivity index (χ1) is 13.4. The fourth-order valence-corrected chi connectivity index (χ4v) is 3.29. The van der Waals surface area contributed by atoms with E-state index in [4.69, 9.17) is 0 Å². The summed E-state index contributed by atoms with van der Waals surface area (Å²) in [6.07, 6.45) is 3.14. The van der Waals surface area contributed by atoms with Gasteiger partial charge < -0.3 is 15.5 Å². The van der Waals surface area contributed by atoms with Gasteiger partial charge in [-0.2, -0.15) is 0 Å². The van der Waals surface area contributed by atoms with E-state index in [1.54, 1.807) is 36.4 Å². The van der Waals surface area contributed by atoms with E-state index in [0.717, 1.165) is 32.4 Å². The third-order valence-corrected chi connectivity index (χ3v) is 4.57. The number of hydrogen-bond acceptors (Lipinski definition) is 5. The molecule has 3 rings (SSSR count). The number of amides is 2. The number of rotatable bonds is 5. The lowest BCUT2D eigenvalue weighted by molar-refractivity contribution is -0.384. The third-order valence-electron chi connectivity index (χ3n) is 4.57. The first-order valence-corrected chi connectivity index (χ1v) is 9.16. The SMILES string of the molecule is CC(=O)Nc1cccc(NC(=O)c2ccc(N3CCCCC3)c([N+](=O)[O-])c2)c1. The summed E-state index contributed by atoms with van der Waals surface area (Å²) in [6, 6.07) is 11.3. The Balaban J connectivity index is 1.81. The molecule has 0 radical (unpaired) electrons. The molecule has 1 saturated heterocycles. The summed E-state index contributed by atoms with van der Waals surface area (Å²) < 4.78 is 0. The second-order valence-corrected chi connectivity index (χ2v) is 6.72. The largest absolute Gasteiger partial charge is 0.366 e. The van der Waals surface area contributed by atoms with Crippen molar-refractivity contribution in [1.82, 2.24) is 0 Å². The highest BCUT2D eigenvalue weighted by molar-refractivity contribution is 6.05. The monoisotopic (exact) mass is 382 g/mol. The lowest BCUT2D eigenvalue weighted by Gasteiger charge is -2.28. The van der Waals surface area contributed by atoms with E-state index >= 15 is 0 Å². The van der Waals surface area contributed by atoms with E-state index in [0.29, 0.717) is 17.1 Å². The number of nitrogens with one attached hydrogen (secondary N) is 2. The predicted molar refractivity (Wildman–Crippen MR) is 108 cm³/mol. The van der Waals surface area contributed by atoms with Gasteiger partial charge in [0, 0.05) is 43.0 Å². The van der Waals surface area contributed by atoms with Crippen LogP contribution in [-0.2, 0) is 4.79 Å². The van der Waals surface area contributed by atoms with Gasteiger partial charge in [0.2, 0.25) is 5.91 Å². The molecule has 8 heteroatoms. The zero-order valence-corrected chi connectivity index (χ0v) is 15.6. The standard InChI is InChI=1S/C20H22N4O4/c1-14(25)21-16-6-5-7-17(13-16)22-20(26)15-8-9-18(19(12-15)24(27)28)23-10-3-2-4-11-23/h5-9,12-13H,2-4,10-11H2,1H3,(H,21,25)(H,22,26). The van der Waals surface area contributed by atoms with Crippen molar-refractivity contribution in [3.05, 3.63) is 58.1 Å². The lowest BCUT2D eigenvalue weighted by atomic mass is 10.1. The number of piperidine rings is 1. The van der Waals surface area contributed by atoms with Gasteiger partial charge in [-0.3, -0.25) is 19.7 Å². The highest BCUT2D eigenvalue weighted by Gasteiger charge is 2.23. The number of nitro groups is 1. The van der Waals surface area contributed by atoms with Crippen molar-refractivity contribution in [2.45, 2.75) is 26.2 Å². The first kappa shape index (κ1) is 19.3. The molecular formula is C20H22N4O4. The van der Waals surface area contributed by atoms with Crippen molar-refractivity contribution in [2.24, 2.45) is 0 Å². The molecular weight excluding hydrogens is 360 g/mol. The van der Waals surface area contributed by atoms with Gasteiger partial charge in [0.05, 0.1) is 4.92 Å². The lowest BCUT2D eigenvalue weighted by Crippen LogP contribution is -2.30. The van der Waals surface area contributed by atoms with Crippen LogP contribution in [-0.4, -0.2) is 29.8 Å². The molecule has 2 aromatic rings. The third kappa shape index (κ3) is 4.64. The first-order valence-electron chi connectivity index (χ1n) is 9.16. The van der Waals surface area contributed by atoms with Crippen molar-refractivity contribution in [1.29, 1.82) is 0 Å². The van der Waals surface area contributed by atoms with Crippen LogP contribution in [0.15, 0.2) is 42.5 Å². The molecule has 2 aromatic carbocycles. The van der Waals surface area contributed by atoms with Crippen LogP contribution in [0, 0.1) is 10.1 Å². The summed E-state index contributed by atoms with van der Waals surface area (Å²) in [5.74, 6) is -0.666. The van der Waals surface area contributed by atoms with Gasteiger partial charge in [0.25, 0.3) is 11.6 Å². The Morgan fingerprint density at radius 1 is 1.00 bits per heavy atom. The number of nitrogens with zero attached hydrogens (tertiary/aromatic N) is 2. The molecule has 146 valence electrons. The van der Waals surface area contributed by atoms with Gasteiger partial charge in [-0.15, -0.1) is 0 Å². The summed E-state index contributed by atoms with van der Waals surface area (Å²) in [7, 11) is 0. The number of nitro benzene ring substituents is 1. The van der Waals surface area contributed by atoms with Gasteiger partial charge in [-0.05, 0) is 49.6 Å². The van der Waals surface area contributed by atoms with Gasteiger partial charge >= 0.3 is 0 Å². The minimum atomic E-state index is -0.451. The number of hydrogen-bond donors (Lipinski definition) is 2. The summed E-state index contributed by atoms with van der Waals surface area (Å²) in [4.78, 5) is 36.8. The molecule has 1 aliphatic heterocycles. The zero-order chi connectivity index (χ0) is 20.1. The Morgan fingerprint density at radius 2 is 1.68 bits per heavy atom. The zero-order valence-electron chi connectivity index (χ0n) is 15.6. The molecule has 2 N–H and O–H groups in total. The minimum Gasteiger partial charge on any atom is -0.366 e. The fourth-order valence-electron chi connectivity index (χ4n) is 3.29. The highest BCUT2D eigenvalue weighted by Crippen LogP contribution is 2.31. The molecule has 1 fully saturated rings. The molecule has 0 aliphatic carbocycles. The van der Waals surface area contributed by atoms with Crippen LogP contribution in [0.25, 0.3) is 0 Å². The molecule has 0 bridgehead atoms. The second kappa shape index (κ2) is 8.51.